The third kappa shape index (κ3) is 3.33. The van der Waals surface area contributed by atoms with Crippen molar-refractivity contribution in [3.63, 3.8) is 0 Å². The summed E-state index contributed by atoms with van der Waals surface area (Å²) in [5.74, 6) is -0.329. The van der Waals surface area contributed by atoms with Crippen LogP contribution in [0.15, 0.2) is 47.4 Å². The molecule has 1 heterocycles. The Kier molecular flexibility index (Phi) is 3.78. The van der Waals surface area contributed by atoms with Crippen molar-refractivity contribution in [2.24, 2.45) is 0 Å². The van der Waals surface area contributed by atoms with Gasteiger partial charge in [-0.05, 0) is 36.4 Å². The van der Waals surface area contributed by atoms with E-state index in [-0.39, 0.29) is 10.8 Å². The van der Waals surface area contributed by atoms with E-state index in [9.17, 15) is 13.2 Å². The fourth-order valence-corrected chi connectivity index (χ4v) is 3.53. The average Bonchev–Trinajstić information content (AvgIpc) is 2.85. The number of thiazole rings is 1. The van der Waals surface area contributed by atoms with Crippen molar-refractivity contribution >= 4 is 48.1 Å². The van der Waals surface area contributed by atoms with Gasteiger partial charge in [0.05, 0.1) is 15.1 Å². The van der Waals surface area contributed by atoms with Crippen LogP contribution in [-0.4, -0.2) is 25.6 Å². The van der Waals surface area contributed by atoms with Crippen molar-refractivity contribution in [1.82, 2.24) is 4.98 Å². The van der Waals surface area contributed by atoms with Crippen molar-refractivity contribution < 1.29 is 13.2 Å². The van der Waals surface area contributed by atoms with Gasteiger partial charge in [-0.25, -0.2) is 13.4 Å². The van der Waals surface area contributed by atoms with Gasteiger partial charge in [-0.2, -0.15) is 0 Å². The molecule has 1 amide bonds. The molecule has 23 heavy (non-hydrogen) atoms. The van der Waals surface area contributed by atoms with E-state index in [1.54, 1.807) is 30.3 Å². The van der Waals surface area contributed by atoms with E-state index in [0.717, 1.165) is 16.5 Å². The number of aromatic nitrogens is 1. The van der Waals surface area contributed by atoms with Gasteiger partial charge in [-0.1, -0.05) is 17.4 Å². The molecule has 1 aromatic heterocycles. The Bertz CT molecular complexity index is 1010. The minimum atomic E-state index is -3.32. The second kappa shape index (κ2) is 5.64. The van der Waals surface area contributed by atoms with Gasteiger partial charge in [-0.15, -0.1) is 0 Å². The predicted molar refractivity (Wildman–Crippen MR) is 91.5 cm³/mol. The van der Waals surface area contributed by atoms with E-state index in [1.165, 1.54) is 23.5 Å². The maximum absolute atomic E-state index is 12.3. The van der Waals surface area contributed by atoms with E-state index in [2.05, 4.69) is 10.3 Å². The number of hydrogen-bond acceptors (Lipinski definition) is 6. The summed E-state index contributed by atoms with van der Waals surface area (Å²) in [6.45, 7) is 0. The smallest absolute Gasteiger partial charge is 0.255 e. The molecular formula is C15H13N3O3S2. The van der Waals surface area contributed by atoms with Crippen LogP contribution in [0.4, 0.5) is 10.8 Å². The number of sulfone groups is 1. The van der Waals surface area contributed by atoms with Crippen LogP contribution in [0.25, 0.3) is 10.2 Å². The summed E-state index contributed by atoms with van der Waals surface area (Å²) in [5.41, 5.74) is 7.25. The Morgan fingerprint density at radius 2 is 2.00 bits per heavy atom. The van der Waals surface area contributed by atoms with Crippen molar-refractivity contribution in [2.75, 3.05) is 17.3 Å². The number of nitrogen functional groups attached to an aromatic ring is 1. The van der Waals surface area contributed by atoms with Crippen molar-refractivity contribution in [1.29, 1.82) is 0 Å². The fourth-order valence-electron chi connectivity index (χ4n) is 2.09. The molecule has 3 aromatic rings. The van der Waals surface area contributed by atoms with Crippen LogP contribution >= 0.6 is 11.3 Å². The Morgan fingerprint density at radius 1 is 1.22 bits per heavy atom. The highest BCUT2D eigenvalue weighted by atomic mass is 32.2. The number of nitrogens with one attached hydrogen (secondary N) is 1. The Balaban J connectivity index is 1.88. The van der Waals surface area contributed by atoms with Gasteiger partial charge in [0.25, 0.3) is 5.91 Å². The van der Waals surface area contributed by atoms with Gasteiger partial charge in [0.1, 0.15) is 0 Å². The minimum Gasteiger partial charge on any atom is -0.375 e. The van der Waals surface area contributed by atoms with Crippen molar-refractivity contribution in [2.45, 2.75) is 4.90 Å². The number of nitrogens with two attached hydrogens (primary N) is 1. The molecule has 0 aliphatic rings. The molecule has 0 saturated heterocycles. The SMILES string of the molecule is CS(=O)(=O)c1cccc(NC(=O)c2ccc3nc(N)sc3c2)c1. The van der Waals surface area contributed by atoms with Crippen LogP contribution < -0.4 is 11.1 Å². The lowest BCUT2D eigenvalue weighted by molar-refractivity contribution is 0.102. The summed E-state index contributed by atoms with van der Waals surface area (Å²) in [5, 5.41) is 3.13. The highest BCUT2D eigenvalue weighted by molar-refractivity contribution is 7.90. The lowest BCUT2D eigenvalue weighted by Crippen LogP contribution is -2.12. The number of hydrogen-bond donors (Lipinski definition) is 2. The fraction of sp³-hybridized carbons (Fsp3) is 0.0667. The van der Waals surface area contributed by atoms with Crippen LogP contribution in [0.5, 0.6) is 0 Å². The van der Waals surface area contributed by atoms with E-state index in [1.807, 2.05) is 0 Å². The van der Waals surface area contributed by atoms with Gasteiger partial charge < -0.3 is 11.1 Å². The number of nitrogens with zero attached hydrogens (tertiary/aromatic N) is 1. The second-order valence-electron chi connectivity index (χ2n) is 4.99. The maximum Gasteiger partial charge on any atom is 0.255 e. The monoisotopic (exact) mass is 347 g/mol. The molecule has 0 saturated carbocycles. The van der Waals surface area contributed by atoms with Crippen LogP contribution in [0.3, 0.4) is 0 Å². The normalized spacial score (nSPS) is 11.5. The zero-order valence-corrected chi connectivity index (χ0v) is 13.7. The van der Waals surface area contributed by atoms with Gasteiger partial charge in [0.2, 0.25) is 0 Å². The summed E-state index contributed by atoms with van der Waals surface area (Å²) >= 11 is 1.30. The Labute approximate surface area is 136 Å². The molecule has 3 N–H and O–H groups in total. The first-order valence-electron chi connectivity index (χ1n) is 6.60. The molecule has 0 aliphatic heterocycles. The maximum atomic E-state index is 12.3. The molecule has 0 unspecified atom stereocenters. The van der Waals surface area contributed by atoms with Crippen LogP contribution in [0.2, 0.25) is 0 Å². The first kappa shape index (κ1) is 15.4. The summed E-state index contributed by atoms with van der Waals surface area (Å²) < 4.78 is 23.9. The Hall–Kier alpha value is -2.45. The lowest BCUT2D eigenvalue weighted by atomic mass is 10.2. The molecule has 2 aromatic carbocycles. The molecular weight excluding hydrogens is 334 g/mol. The number of fused-ring (bicyclic) bond motifs is 1. The van der Waals surface area contributed by atoms with Crippen LogP contribution in [0.1, 0.15) is 10.4 Å². The van der Waals surface area contributed by atoms with Crippen LogP contribution in [-0.2, 0) is 9.84 Å². The van der Waals surface area contributed by atoms with E-state index >= 15 is 0 Å². The molecule has 0 atom stereocenters. The van der Waals surface area contributed by atoms with Crippen LogP contribution in [0, 0.1) is 0 Å². The number of carbonyl (C=O) groups is 1. The molecule has 6 nitrogen and oxygen atoms in total. The quantitative estimate of drug-likeness (QED) is 0.758. The van der Waals surface area contributed by atoms with E-state index < -0.39 is 9.84 Å². The lowest BCUT2D eigenvalue weighted by Gasteiger charge is -2.07. The zero-order chi connectivity index (χ0) is 16.6. The predicted octanol–water partition coefficient (Wildman–Crippen LogP) is 2.53. The van der Waals surface area contributed by atoms with Gasteiger partial charge >= 0.3 is 0 Å². The first-order chi connectivity index (χ1) is 10.8. The summed E-state index contributed by atoms with van der Waals surface area (Å²) in [6, 6.07) is 11.2. The third-order valence-corrected chi connectivity index (χ3v) is 5.14. The highest BCUT2D eigenvalue weighted by Crippen LogP contribution is 2.25. The first-order valence-corrected chi connectivity index (χ1v) is 9.31. The molecule has 118 valence electrons. The van der Waals surface area contributed by atoms with Gasteiger partial charge in [-0.3, -0.25) is 4.79 Å². The molecule has 0 bridgehead atoms. The standard InChI is InChI=1S/C15H13N3O3S2/c1-23(20,21)11-4-2-3-10(8-11)17-14(19)9-5-6-12-13(7-9)22-15(16)18-12/h2-8H,1H3,(H2,16,18)(H,17,19). The average molecular weight is 347 g/mol. The summed E-state index contributed by atoms with van der Waals surface area (Å²) in [6.07, 6.45) is 1.12. The molecule has 0 radical (unpaired) electrons. The largest absolute Gasteiger partial charge is 0.375 e. The molecule has 0 fully saturated rings. The molecule has 8 heteroatoms. The number of benzene rings is 2. The van der Waals surface area contributed by atoms with E-state index in [0.29, 0.717) is 16.4 Å². The summed E-state index contributed by atoms with van der Waals surface area (Å²) in [7, 11) is -3.32. The number of carbonyl (C=O) groups excluding carboxylic acids is 1. The number of rotatable bonds is 3. The number of amides is 1. The zero-order valence-electron chi connectivity index (χ0n) is 12.1. The minimum absolute atomic E-state index is 0.154. The van der Waals surface area contributed by atoms with Crippen molar-refractivity contribution in [3.8, 4) is 0 Å². The molecule has 0 aliphatic carbocycles. The van der Waals surface area contributed by atoms with Gasteiger partial charge in [0, 0.05) is 17.5 Å². The van der Waals surface area contributed by atoms with Crippen molar-refractivity contribution in [3.05, 3.63) is 48.0 Å². The summed E-state index contributed by atoms with van der Waals surface area (Å²) in [4.78, 5) is 16.6. The number of anilines is 2. The highest BCUT2D eigenvalue weighted by Gasteiger charge is 2.11. The molecule has 0 spiro atoms. The van der Waals surface area contributed by atoms with E-state index in [4.69, 9.17) is 5.73 Å². The van der Waals surface area contributed by atoms with Gasteiger partial charge in [0.15, 0.2) is 15.0 Å². The third-order valence-electron chi connectivity index (χ3n) is 3.19. The topological polar surface area (TPSA) is 102 Å². The second-order valence-corrected chi connectivity index (χ2v) is 8.07. The Morgan fingerprint density at radius 3 is 2.74 bits per heavy atom. The molecule has 3 rings (SSSR count).